The van der Waals surface area contributed by atoms with Crippen LogP contribution in [0, 0.1) is 0 Å². The molecule has 0 heterocycles. The molecule has 0 radical (unpaired) electrons. The first-order chi connectivity index (χ1) is 7.63. The minimum absolute atomic E-state index is 0.475. The van der Waals surface area contributed by atoms with E-state index in [1.807, 2.05) is 31.2 Å². The van der Waals surface area contributed by atoms with Gasteiger partial charge in [-0.1, -0.05) is 35.0 Å². The lowest BCUT2D eigenvalue weighted by molar-refractivity contribution is -0.132. The molecule has 0 aliphatic heterocycles. The van der Waals surface area contributed by atoms with Gasteiger partial charge in [0.05, 0.1) is 0 Å². The number of hydrogen-bond acceptors (Lipinski definition) is 2. The highest BCUT2D eigenvalue weighted by Gasteiger charge is 2.03. The smallest absolute Gasteiger partial charge is 0.331 e. The van der Waals surface area contributed by atoms with Crippen LogP contribution in [0.25, 0.3) is 0 Å². The molecule has 2 nitrogen and oxygen atoms in total. The largest absolute Gasteiger partial charge is 0.478 e. The third-order valence-electron chi connectivity index (χ3n) is 2.03. The summed E-state index contributed by atoms with van der Waals surface area (Å²) in [4.78, 5) is 11.9. The van der Waals surface area contributed by atoms with E-state index in [-0.39, 0.29) is 0 Å². The summed E-state index contributed by atoms with van der Waals surface area (Å²) in [5, 5.41) is 8.83. The second kappa shape index (κ2) is 6.76. The Hall–Kier alpha value is -0.740. The van der Waals surface area contributed by atoms with E-state index < -0.39 is 5.97 Å². The third-order valence-corrected chi connectivity index (χ3v) is 3.45. The molecule has 0 atom stereocenters. The van der Waals surface area contributed by atoms with Gasteiger partial charge in [-0.3, -0.25) is 0 Å². The number of halogens is 1. The van der Waals surface area contributed by atoms with Crippen LogP contribution in [-0.2, 0) is 4.79 Å². The van der Waals surface area contributed by atoms with Gasteiger partial charge in [0.25, 0.3) is 0 Å². The Balaban J connectivity index is 2.55. The van der Waals surface area contributed by atoms with Gasteiger partial charge in [-0.15, -0.1) is 11.8 Å². The molecular formula is C12H13BrO2S. The van der Waals surface area contributed by atoms with Crippen LogP contribution in [0.1, 0.15) is 13.3 Å². The molecule has 1 aromatic carbocycles. The summed E-state index contributed by atoms with van der Waals surface area (Å²) in [7, 11) is 0. The van der Waals surface area contributed by atoms with Gasteiger partial charge in [0.1, 0.15) is 0 Å². The Morgan fingerprint density at radius 2 is 2.31 bits per heavy atom. The highest BCUT2D eigenvalue weighted by Crippen LogP contribution is 2.22. The van der Waals surface area contributed by atoms with E-state index in [0.717, 1.165) is 9.37 Å². The van der Waals surface area contributed by atoms with Crippen molar-refractivity contribution >= 4 is 33.7 Å². The predicted molar refractivity (Wildman–Crippen MR) is 70.9 cm³/mol. The fourth-order valence-corrected chi connectivity index (χ4v) is 2.59. The molecule has 0 bridgehead atoms. The normalized spacial score (nSPS) is 11.5. The summed E-state index contributed by atoms with van der Waals surface area (Å²) >= 11 is 5.02. The predicted octanol–water partition coefficient (Wildman–Crippen LogP) is 3.96. The number of benzene rings is 1. The van der Waals surface area contributed by atoms with Crippen molar-refractivity contribution in [2.45, 2.75) is 18.2 Å². The first-order valence-electron chi connectivity index (χ1n) is 4.94. The molecule has 0 aliphatic rings. The highest BCUT2D eigenvalue weighted by molar-refractivity contribution is 9.10. The Bertz CT molecular complexity index is 402. The van der Waals surface area contributed by atoms with Crippen LogP contribution in [-0.4, -0.2) is 16.8 Å². The molecule has 0 fully saturated rings. The molecule has 1 rings (SSSR count). The molecule has 16 heavy (non-hydrogen) atoms. The van der Waals surface area contributed by atoms with Gasteiger partial charge in [0.2, 0.25) is 0 Å². The molecule has 0 aromatic heterocycles. The Morgan fingerprint density at radius 1 is 1.56 bits per heavy atom. The number of carboxylic acid groups (broad SMARTS) is 1. The topological polar surface area (TPSA) is 37.3 Å². The van der Waals surface area contributed by atoms with Crippen LogP contribution in [0.5, 0.6) is 0 Å². The zero-order chi connectivity index (χ0) is 12.0. The van der Waals surface area contributed by atoms with Crippen LogP contribution in [0.15, 0.2) is 45.3 Å². The van der Waals surface area contributed by atoms with E-state index in [0.29, 0.717) is 17.7 Å². The van der Waals surface area contributed by atoms with E-state index in [9.17, 15) is 4.79 Å². The Morgan fingerprint density at radius 3 is 2.88 bits per heavy atom. The maximum atomic E-state index is 10.7. The number of aliphatic carboxylic acids is 1. The van der Waals surface area contributed by atoms with Crippen molar-refractivity contribution in [3.63, 3.8) is 0 Å². The monoisotopic (exact) mass is 300 g/mol. The lowest BCUT2D eigenvalue weighted by atomic mass is 10.2. The summed E-state index contributed by atoms with van der Waals surface area (Å²) in [5.41, 5.74) is 0.475. The number of rotatable bonds is 5. The molecule has 4 heteroatoms. The summed E-state index contributed by atoms with van der Waals surface area (Å²) in [6, 6.07) is 7.96. The number of carbonyl (C=O) groups is 1. The van der Waals surface area contributed by atoms with Crippen LogP contribution in [0.2, 0.25) is 0 Å². The van der Waals surface area contributed by atoms with E-state index in [4.69, 9.17) is 5.11 Å². The second-order valence-electron chi connectivity index (χ2n) is 3.16. The molecule has 1 aromatic rings. The van der Waals surface area contributed by atoms with E-state index in [1.165, 1.54) is 0 Å². The van der Waals surface area contributed by atoms with Gasteiger partial charge in [0.15, 0.2) is 0 Å². The van der Waals surface area contributed by atoms with E-state index >= 15 is 0 Å². The Labute approximate surface area is 108 Å². The molecule has 0 saturated carbocycles. The lowest BCUT2D eigenvalue weighted by Gasteiger charge is -2.00. The molecule has 0 spiro atoms. The average Bonchev–Trinajstić information content (AvgIpc) is 2.24. The maximum Gasteiger partial charge on any atom is 0.331 e. The van der Waals surface area contributed by atoms with Crippen molar-refractivity contribution < 1.29 is 9.90 Å². The number of thioether (sulfide) groups is 1. The first kappa shape index (κ1) is 13.3. The minimum atomic E-state index is -0.822. The van der Waals surface area contributed by atoms with Gasteiger partial charge in [-0.2, -0.15) is 0 Å². The van der Waals surface area contributed by atoms with Crippen molar-refractivity contribution in [1.82, 2.24) is 0 Å². The first-order valence-corrected chi connectivity index (χ1v) is 6.72. The molecule has 86 valence electrons. The molecular weight excluding hydrogens is 288 g/mol. The van der Waals surface area contributed by atoms with Gasteiger partial charge in [-0.05, 0) is 24.6 Å². The molecule has 0 aliphatic carbocycles. The average molecular weight is 301 g/mol. The van der Waals surface area contributed by atoms with Crippen molar-refractivity contribution in [3.05, 3.63) is 40.4 Å². The zero-order valence-electron chi connectivity index (χ0n) is 8.94. The van der Waals surface area contributed by atoms with Gasteiger partial charge in [-0.25, -0.2) is 4.79 Å². The van der Waals surface area contributed by atoms with Crippen LogP contribution >= 0.6 is 27.7 Å². The van der Waals surface area contributed by atoms with Crippen molar-refractivity contribution in [2.24, 2.45) is 0 Å². The highest BCUT2D eigenvalue weighted by atomic mass is 79.9. The van der Waals surface area contributed by atoms with Gasteiger partial charge >= 0.3 is 5.97 Å². The van der Waals surface area contributed by atoms with Crippen molar-refractivity contribution in [3.8, 4) is 0 Å². The SMILES string of the molecule is CCC(=CCSc1cccc(Br)c1)C(=O)O. The zero-order valence-corrected chi connectivity index (χ0v) is 11.3. The third kappa shape index (κ3) is 4.41. The fraction of sp³-hybridized carbons (Fsp3) is 0.250. The minimum Gasteiger partial charge on any atom is -0.478 e. The Kier molecular flexibility index (Phi) is 5.63. The van der Waals surface area contributed by atoms with Crippen LogP contribution < -0.4 is 0 Å². The molecule has 0 saturated heterocycles. The van der Waals surface area contributed by atoms with Gasteiger partial charge < -0.3 is 5.11 Å². The maximum absolute atomic E-state index is 10.7. The van der Waals surface area contributed by atoms with Crippen molar-refractivity contribution in [2.75, 3.05) is 5.75 Å². The fourth-order valence-electron chi connectivity index (χ4n) is 1.18. The quantitative estimate of drug-likeness (QED) is 0.660. The summed E-state index contributed by atoms with van der Waals surface area (Å²) in [6.07, 6.45) is 2.34. The van der Waals surface area contributed by atoms with Crippen LogP contribution in [0.3, 0.4) is 0 Å². The van der Waals surface area contributed by atoms with Gasteiger partial charge in [0, 0.05) is 20.7 Å². The number of carboxylic acids is 1. The van der Waals surface area contributed by atoms with Crippen molar-refractivity contribution in [1.29, 1.82) is 0 Å². The van der Waals surface area contributed by atoms with Crippen LogP contribution in [0.4, 0.5) is 0 Å². The summed E-state index contributed by atoms with van der Waals surface area (Å²) < 4.78 is 1.04. The molecule has 1 N–H and O–H groups in total. The second-order valence-corrected chi connectivity index (χ2v) is 5.17. The summed E-state index contributed by atoms with van der Waals surface area (Å²) in [5.74, 6) is -0.135. The lowest BCUT2D eigenvalue weighted by Crippen LogP contribution is -1.99. The number of hydrogen-bond donors (Lipinski definition) is 1. The van der Waals surface area contributed by atoms with E-state index in [2.05, 4.69) is 15.9 Å². The molecule has 0 unspecified atom stereocenters. The molecule has 0 amide bonds. The van der Waals surface area contributed by atoms with E-state index in [1.54, 1.807) is 17.8 Å². The summed E-state index contributed by atoms with van der Waals surface area (Å²) in [6.45, 7) is 1.85. The standard InChI is InChI=1S/C12H13BrO2S/c1-2-9(12(14)15)6-7-16-11-5-3-4-10(13)8-11/h3-6,8H,2,7H2,1H3,(H,14,15).